The van der Waals surface area contributed by atoms with E-state index in [1.807, 2.05) is 39.8 Å². The Balaban J connectivity index is 1.62. The Kier molecular flexibility index (Phi) is 9.62. The molecule has 0 unspecified atom stereocenters. The number of methoxy groups -OCH3 is 2. The number of benzene rings is 2. The van der Waals surface area contributed by atoms with Gasteiger partial charge >= 0.3 is 0 Å². The molecule has 0 saturated carbocycles. The zero-order chi connectivity index (χ0) is 27.4. The number of hydrogen-bond donors (Lipinski definition) is 1. The van der Waals surface area contributed by atoms with E-state index < -0.39 is 20.0 Å². The molecule has 1 fully saturated rings. The smallest absolute Gasteiger partial charge is 0.246 e. The van der Waals surface area contributed by atoms with Gasteiger partial charge in [-0.2, -0.15) is 4.31 Å². The Morgan fingerprint density at radius 3 is 1.76 bits per heavy atom. The minimum Gasteiger partial charge on any atom is -0.495 e. The minimum atomic E-state index is -3.77. The quantitative estimate of drug-likeness (QED) is 0.456. The molecule has 9 nitrogen and oxygen atoms in total. The summed E-state index contributed by atoms with van der Waals surface area (Å²) in [5.74, 6) is 0.999. The first-order valence-corrected chi connectivity index (χ1v) is 15.4. The number of hydrogen-bond acceptors (Lipinski definition) is 7. The van der Waals surface area contributed by atoms with Gasteiger partial charge in [-0.25, -0.2) is 21.6 Å². The molecule has 0 atom stereocenters. The van der Waals surface area contributed by atoms with Gasteiger partial charge in [0.2, 0.25) is 20.0 Å². The molecule has 1 saturated heterocycles. The molecular formula is C26H39N3O6S2. The SMILES string of the molecule is COc1ccc(C(C)C)cc1S(=O)(=O)NCCN1CCN(S(=O)(=O)c2cc(C(C)C)ccc2OC)CC1. The van der Waals surface area contributed by atoms with Crippen molar-refractivity contribution < 1.29 is 26.3 Å². The molecule has 1 heterocycles. The Morgan fingerprint density at radius 2 is 1.27 bits per heavy atom. The van der Waals surface area contributed by atoms with Gasteiger partial charge in [0.25, 0.3) is 0 Å². The van der Waals surface area contributed by atoms with Gasteiger partial charge in [-0.05, 0) is 47.2 Å². The first kappa shape index (κ1) is 29.4. The molecule has 0 amide bonds. The third kappa shape index (κ3) is 6.83. The van der Waals surface area contributed by atoms with Gasteiger partial charge in [0.15, 0.2) is 0 Å². The lowest BCUT2D eigenvalue weighted by Gasteiger charge is -2.34. The molecule has 2 aromatic carbocycles. The van der Waals surface area contributed by atoms with Gasteiger partial charge in [-0.1, -0.05) is 39.8 Å². The molecule has 0 bridgehead atoms. The fourth-order valence-corrected chi connectivity index (χ4v) is 7.10. The van der Waals surface area contributed by atoms with Gasteiger partial charge < -0.3 is 9.47 Å². The first-order chi connectivity index (χ1) is 17.4. The van der Waals surface area contributed by atoms with Crippen LogP contribution >= 0.6 is 0 Å². The van der Waals surface area contributed by atoms with Crippen molar-refractivity contribution in [2.24, 2.45) is 0 Å². The lowest BCUT2D eigenvalue weighted by Crippen LogP contribution is -2.50. The normalized spacial score (nSPS) is 15.9. The predicted octanol–water partition coefficient (Wildman–Crippen LogP) is 3.24. The average molecular weight is 554 g/mol. The highest BCUT2D eigenvalue weighted by molar-refractivity contribution is 7.89. The lowest BCUT2D eigenvalue weighted by molar-refractivity contribution is 0.191. The van der Waals surface area contributed by atoms with Gasteiger partial charge in [-0.3, -0.25) is 4.90 Å². The second-order valence-electron chi connectivity index (χ2n) is 9.77. The molecule has 0 aliphatic carbocycles. The van der Waals surface area contributed by atoms with E-state index in [0.29, 0.717) is 44.2 Å². The molecule has 0 radical (unpaired) electrons. The van der Waals surface area contributed by atoms with Crippen molar-refractivity contribution in [2.75, 3.05) is 53.5 Å². The summed E-state index contributed by atoms with van der Waals surface area (Å²) in [5.41, 5.74) is 1.84. The number of nitrogens with one attached hydrogen (secondary N) is 1. The van der Waals surface area contributed by atoms with Crippen LogP contribution in [0.1, 0.15) is 50.7 Å². The summed E-state index contributed by atoms with van der Waals surface area (Å²) >= 11 is 0. The Hall–Kier alpha value is -2.18. The fraction of sp³-hybridized carbons (Fsp3) is 0.538. The van der Waals surface area contributed by atoms with Crippen molar-refractivity contribution in [1.29, 1.82) is 0 Å². The highest BCUT2D eigenvalue weighted by atomic mass is 32.2. The zero-order valence-electron chi connectivity index (χ0n) is 22.5. The maximum absolute atomic E-state index is 13.4. The monoisotopic (exact) mass is 553 g/mol. The molecule has 1 aliphatic heterocycles. The second kappa shape index (κ2) is 12.1. The molecule has 1 N–H and O–H groups in total. The van der Waals surface area contributed by atoms with Crippen LogP contribution in [0.3, 0.4) is 0 Å². The van der Waals surface area contributed by atoms with Crippen molar-refractivity contribution in [1.82, 2.24) is 13.9 Å². The Labute approximate surface area is 221 Å². The van der Waals surface area contributed by atoms with Crippen molar-refractivity contribution in [2.45, 2.75) is 49.3 Å². The molecule has 2 aromatic rings. The van der Waals surface area contributed by atoms with Crippen LogP contribution in [0.25, 0.3) is 0 Å². The largest absolute Gasteiger partial charge is 0.495 e. The second-order valence-corrected chi connectivity index (χ2v) is 13.4. The standard InChI is InChI=1S/C26H39N3O6S2/c1-19(2)21-7-9-23(34-5)25(17-21)36(30,31)27-11-12-28-13-15-29(16-14-28)37(32,33)26-18-22(20(3)4)8-10-24(26)35-6/h7-10,17-20,27H,11-16H2,1-6H3. The number of piperazine rings is 1. The van der Waals surface area contributed by atoms with E-state index in [4.69, 9.17) is 9.47 Å². The van der Waals surface area contributed by atoms with Gasteiger partial charge in [-0.15, -0.1) is 0 Å². The zero-order valence-corrected chi connectivity index (χ0v) is 24.2. The summed E-state index contributed by atoms with van der Waals surface area (Å²) in [6, 6.07) is 10.5. The molecule has 37 heavy (non-hydrogen) atoms. The molecule has 1 aliphatic rings. The van der Waals surface area contributed by atoms with E-state index in [1.54, 1.807) is 24.3 Å². The summed E-state index contributed by atoms with van der Waals surface area (Å²) < 4.78 is 67.6. The van der Waals surface area contributed by atoms with Crippen LogP contribution in [-0.4, -0.2) is 79.5 Å². The summed E-state index contributed by atoms with van der Waals surface area (Å²) in [6.45, 7) is 10.3. The van der Waals surface area contributed by atoms with E-state index in [-0.39, 0.29) is 28.2 Å². The van der Waals surface area contributed by atoms with Crippen LogP contribution in [0.4, 0.5) is 0 Å². The van der Waals surface area contributed by atoms with Gasteiger partial charge in [0.1, 0.15) is 21.3 Å². The van der Waals surface area contributed by atoms with E-state index in [1.165, 1.54) is 18.5 Å². The topological polar surface area (TPSA) is 105 Å². The lowest BCUT2D eigenvalue weighted by atomic mass is 10.0. The van der Waals surface area contributed by atoms with Crippen LogP contribution in [0.15, 0.2) is 46.2 Å². The van der Waals surface area contributed by atoms with E-state index in [9.17, 15) is 16.8 Å². The molecule has 0 aromatic heterocycles. The molecule has 0 spiro atoms. The van der Waals surface area contributed by atoms with E-state index in [0.717, 1.165) is 11.1 Å². The maximum atomic E-state index is 13.4. The predicted molar refractivity (Wildman–Crippen MR) is 145 cm³/mol. The summed E-state index contributed by atoms with van der Waals surface area (Å²) in [6.07, 6.45) is 0. The number of sulfonamides is 2. The van der Waals surface area contributed by atoms with E-state index in [2.05, 4.69) is 9.62 Å². The summed E-state index contributed by atoms with van der Waals surface area (Å²) in [5, 5.41) is 0. The van der Waals surface area contributed by atoms with Crippen LogP contribution in [0.2, 0.25) is 0 Å². The van der Waals surface area contributed by atoms with Crippen molar-refractivity contribution in [3.8, 4) is 11.5 Å². The number of ether oxygens (including phenoxy) is 2. The van der Waals surface area contributed by atoms with Crippen LogP contribution in [0.5, 0.6) is 11.5 Å². The fourth-order valence-electron chi connectivity index (χ4n) is 4.26. The summed E-state index contributed by atoms with van der Waals surface area (Å²) in [4.78, 5) is 2.35. The van der Waals surface area contributed by atoms with Gasteiger partial charge in [0, 0.05) is 39.3 Å². The Morgan fingerprint density at radius 1 is 0.784 bits per heavy atom. The Bertz CT molecular complexity index is 1280. The van der Waals surface area contributed by atoms with Crippen LogP contribution in [0, 0.1) is 0 Å². The molecular weight excluding hydrogens is 514 g/mol. The van der Waals surface area contributed by atoms with Crippen molar-refractivity contribution in [3.63, 3.8) is 0 Å². The van der Waals surface area contributed by atoms with Crippen molar-refractivity contribution in [3.05, 3.63) is 47.5 Å². The average Bonchev–Trinajstić information content (AvgIpc) is 2.87. The van der Waals surface area contributed by atoms with Crippen molar-refractivity contribution >= 4 is 20.0 Å². The van der Waals surface area contributed by atoms with Gasteiger partial charge in [0.05, 0.1) is 14.2 Å². The van der Waals surface area contributed by atoms with Crippen LogP contribution in [-0.2, 0) is 20.0 Å². The summed E-state index contributed by atoms with van der Waals surface area (Å²) in [7, 11) is -4.58. The van der Waals surface area contributed by atoms with E-state index >= 15 is 0 Å². The highest BCUT2D eigenvalue weighted by Crippen LogP contribution is 2.31. The third-order valence-corrected chi connectivity index (χ3v) is 10.1. The number of nitrogens with zero attached hydrogens (tertiary/aromatic N) is 2. The molecule has 11 heteroatoms. The third-order valence-electron chi connectivity index (χ3n) is 6.67. The molecule has 206 valence electrons. The molecule has 3 rings (SSSR count). The first-order valence-electron chi connectivity index (χ1n) is 12.5. The number of rotatable bonds is 11. The maximum Gasteiger partial charge on any atom is 0.246 e. The highest BCUT2D eigenvalue weighted by Gasteiger charge is 2.31. The minimum absolute atomic E-state index is 0.120. The van der Waals surface area contributed by atoms with Crippen LogP contribution < -0.4 is 14.2 Å².